The molecule has 0 aromatic heterocycles. The van der Waals surface area contributed by atoms with Crippen LogP contribution in [-0.4, -0.2) is 21.5 Å². The van der Waals surface area contributed by atoms with Gasteiger partial charge in [0.05, 0.1) is 10.5 Å². The Balaban J connectivity index is 1.98. The van der Waals surface area contributed by atoms with Gasteiger partial charge in [-0.25, -0.2) is 4.21 Å². The quantitative estimate of drug-likeness (QED) is 0.794. The molecule has 1 aliphatic carbocycles. The minimum absolute atomic E-state index is 0.266. The Kier molecular flexibility index (Phi) is 4.26. The lowest BCUT2D eigenvalue weighted by molar-refractivity contribution is 0.174. The van der Waals surface area contributed by atoms with Gasteiger partial charge in [0.1, 0.15) is 11.0 Å². The molecular formula is C17H23NO3S. The van der Waals surface area contributed by atoms with Crippen molar-refractivity contribution in [3.8, 4) is 11.5 Å². The number of hydrogen-bond donors (Lipinski definition) is 0. The van der Waals surface area contributed by atoms with Crippen LogP contribution in [-0.2, 0) is 11.0 Å². The van der Waals surface area contributed by atoms with Crippen molar-refractivity contribution >= 4 is 16.7 Å². The summed E-state index contributed by atoms with van der Waals surface area (Å²) in [5, 5.41) is 0. The van der Waals surface area contributed by atoms with Crippen LogP contribution in [0.4, 0.5) is 0 Å². The molecule has 0 amide bonds. The van der Waals surface area contributed by atoms with Crippen molar-refractivity contribution in [3.63, 3.8) is 0 Å². The van der Waals surface area contributed by atoms with Crippen LogP contribution in [0.2, 0.25) is 0 Å². The maximum atomic E-state index is 12.5. The van der Waals surface area contributed by atoms with E-state index in [9.17, 15) is 4.21 Å². The highest BCUT2D eigenvalue weighted by atomic mass is 32.2. The van der Waals surface area contributed by atoms with Gasteiger partial charge < -0.3 is 9.47 Å². The van der Waals surface area contributed by atoms with Crippen LogP contribution in [0.25, 0.3) is 0 Å². The van der Waals surface area contributed by atoms with E-state index in [0.29, 0.717) is 5.92 Å². The molecule has 1 unspecified atom stereocenters. The van der Waals surface area contributed by atoms with Crippen LogP contribution in [0, 0.1) is 5.92 Å². The summed E-state index contributed by atoms with van der Waals surface area (Å²) >= 11 is 0. The zero-order valence-corrected chi connectivity index (χ0v) is 14.2. The molecule has 120 valence electrons. The summed E-state index contributed by atoms with van der Waals surface area (Å²) in [6, 6.07) is 5.89. The predicted molar refractivity (Wildman–Crippen MR) is 89.0 cm³/mol. The van der Waals surface area contributed by atoms with Gasteiger partial charge in [-0.3, -0.25) is 0 Å². The van der Waals surface area contributed by atoms with E-state index in [4.69, 9.17) is 9.47 Å². The summed E-state index contributed by atoms with van der Waals surface area (Å²) in [6.45, 7) is 6.14. The van der Waals surface area contributed by atoms with Crippen molar-refractivity contribution in [1.82, 2.24) is 0 Å². The van der Waals surface area contributed by atoms with E-state index >= 15 is 0 Å². The van der Waals surface area contributed by atoms with E-state index in [1.54, 1.807) is 0 Å². The third-order valence-electron chi connectivity index (χ3n) is 4.12. The monoisotopic (exact) mass is 321 g/mol. The molecule has 4 nitrogen and oxygen atoms in total. The minimum atomic E-state index is -1.25. The first-order valence-corrected chi connectivity index (χ1v) is 8.96. The van der Waals surface area contributed by atoms with Crippen LogP contribution in [0.1, 0.15) is 52.0 Å². The normalized spacial score (nSPS) is 20.4. The Morgan fingerprint density at radius 1 is 1.18 bits per heavy atom. The highest BCUT2D eigenvalue weighted by Crippen LogP contribution is 2.36. The smallest absolute Gasteiger partial charge is 0.231 e. The second kappa shape index (κ2) is 6.03. The van der Waals surface area contributed by atoms with E-state index in [1.165, 1.54) is 12.8 Å². The lowest BCUT2D eigenvalue weighted by atomic mass is 9.95. The van der Waals surface area contributed by atoms with Gasteiger partial charge >= 0.3 is 0 Å². The lowest BCUT2D eigenvalue weighted by Crippen LogP contribution is -2.23. The molecule has 1 atom stereocenters. The van der Waals surface area contributed by atoms with Gasteiger partial charge in [0, 0.05) is 11.5 Å². The first kappa shape index (κ1) is 15.5. The van der Waals surface area contributed by atoms with E-state index in [0.717, 1.165) is 35.6 Å². The minimum Gasteiger partial charge on any atom is -0.454 e. The van der Waals surface area contributed by atoms with Gasteiger partial charge in [-0.2, -0.15) is 4.40 Å². The average molecular weight is 321 g/mol. The Bertz CT molecular complexity index is 613. The Hall–Kier alpha value is -1.36. The van der Waals surface area contributed by atoms with E-state index in [1.807, 2.05) is 39.0 Å². The molecular weight excluding hydrogens is 298 g/mol. The number of fused-ring (bicyclic) bond motifs is 1. The van der Waals surface area contributed by atoms with Gasteiger partial charge in [-0.1, -0.05) is 12.8 Å². The molecule has 22 heavy (non-hydrogen) atoms. The van der Waals surface area contributed by atoms with Crippen molar-refractivity contribution in [1.29, 1.82) is 0 Å². The van der Waals surface area contributed by atoms with Crippen LogP contribution in [0.3, 0.4) is 0 Å². The Labute approximate surface area is 134 Å². The first-order chi connectivity index (χ1) is 10.4. The van der Waals surface area contributed by atoms with Gasteiger partial charge in [-0.15, -0.1) is 0 Å². The molecule has 1 heterocycles. The van der Waals surface area contributed by atoms with E-state index in [-0.39, 0.29) is 11.5 Å². The molecule has 0 N–H and O–H groups in total. The number of hydrogen-bond acceptors (Lipinski definition) is 3. The van der Waals surface area contributed by atoms with E-state index < -0.39 is 11.0 Å². The second-order valence-corrected chi connectivity index (χ2v) is 8.79. The van der Waals surface area contributed by atoms with Gasteiger partial charge in [0.2, 0.25) is 6.79 Å². The molecule has 0 saturated heterocycles. The average Bonchev–Trinajstić information content (AvgIpc) is 3.13. The molecule has 1 aliphatic heterocycles. The van der Waals surface area contributed by atoms with E-state index in [2.05, 4.69) is 4.40 Å². The predicted octanol–water partition coefficient (Wildman–Crippen LogP) is 3.86. The summed E-state index contributed by atoms with van der Waals surface area (Å²) in [4.78, 5) is 0. The molecule has 1 saturated carbocycles. The molecule has 0 spiro atoms. The van der Waals surface area contributed by atoms with Crippen LogP contribution >= 0.6 is 0 Å². The van der Waals surface area contributed by atoms with Crippen molar-refractivity contribution in [3.05, 3.63) is 23.8 Å². The molecule has 1 aromatic carbocycles. The summed E-state index contributed by atoms with van der Waals surface area (Å²) in [6.07, 6.45) is 4.68. The molecule has 1 fully saturated rings. The number of rotatable bonds is 3. The van der Waals surface area contributed by atoms with Crippen molar-refractivity contribution in [2.24, 2.45) is 10.3 Å². The SMILES string of the molecule is CC(C)(C)S(=O)N=C(c1ccc2c(c1)OCO2)C1CCCC1. The highest BCUT2D eigenvalue weighted by molar-refractivity contribution is 7.85. The maximum Gasteiger partial charge on any atom is 0.231 e. The summed E-state index contributed by atoms with van der Waals surface area (Å²) in [5.74, 6) is 1.92. The third kappa shape index (κ3) is 3.19. The van der Waals surface area contributed by atoms with Crippen LogP contribution in [0.15, 0.2) is 22.6 Å². The number of nitrogens with zero attached hydrogens (tertiary/aromatic N) is 1. The zero-order chi connectivity index (χ0) is 15.7. The maximum absolute atomic E-state index is 12.5. The fraction of sp³-hybridized carbons (Fsp3) is 0.588. The zero-order valence-electron chi connectivity index (χ0n) is 13.4. The second-order valence-electron chi connectivity index (χ2n) is 6.89. The molecule has 0 radical (unpaired) electrons. The van der Waals surface area contributed by atoms with Crippen LogP contribution in [0.5, 0.6) is 11.5 Å². The topological polar surface area (TPSA) is 47.9 Å². The van der Waals surface area contributed by atoms with Gasteiger partial charge in [0.15, 0.2) is 11.5 Å². The summed E-state index contributed by atoms with van der Waals surface area (Å²) in [5.41, 5.74) is 1.97. The van der Waals surface area contributed by atoms with Crippen molar-refractivity contribution in [2.75, 3.05) is 6.79 Å². The highest BCUT2D eigenvalue weighted by Gasteiger charge is 2.27. The molecule has 5 heteroatoms. The van der Waals surface area contributed by atoms with Crippen molar-refractivity contribution in [2.45, 2.75) is 51.2 Å². The largest absolute Gasteiger partial charge is 0.454 e. The Morgan fingerprint density at radius 3 is 2.55 bits per heavy atom. The number of benzene rings is 1. The molecule has 0 bridgehead atoms. The first-order valence-electron chi connectivity index (χ1n) is 7.86. The fourth-order valence-electron chi connectivity index (χ4n) is 2.84. The van der Waals surface area contributed by atoms with Gasteiger partial charge in [-0.05, 0) is 51.8 Å². The molecule has 3 rings (SSSR count). The molecule has 1 aromatic rings. The number of ether oxygens (including phenoxy) is 2. The fourth-order valence-corrected chi connectivity index (χ4v) is 3.55. The third-order valence-corrected chi connectivity index (χ3v) is 5.53. The standard InChI is InChI=1S/C17H23NO3S/c1-17(2,3)22(19)18-16(12-6-4-5-7-12)13-8-9-14-15(10-13)21-11-20-14/h8-10,12H,4-7,11H2,1-3H3. The van der Waals surface area contributed by atoms with Crippen LogP contribution < -0.4 is 9.47 Å². The summed E-state index contributed by atoms with van der Waals surface area (Å²) in [7, 11) is -1.25. The molecule has 2 aliphatic rings. The lowest BCUT2D eigenvalue weighted by Gasteiger charge is -2.18. The van der Waals surface area contributed by atoms with Gasteiger partial charge in [0.25, 0.3) is 0 Å². The Morgan fingerprint density at radius 2 is 1.86 bits per heavy atom. The summed E-state index contributed by atoms with van der Waals surface area (Å²) < 4.78 is 27.6. The van der Waals surface area contributed by atoms with Crippen molar-refractivity contribution < 1.29 is 13.7 Å².